The van der Waals surface area contributed by atoms with Gasteiger partial charge in [-0.15, -0.1) is 0 Å². The van der Waals surface area contributed by atoms with Gasteiger partial charge in [0.2, 0.25) is 6.41 Å². The van der Waals surface area contributed by atoms with Crippen LogP contribution in [0.25, 0.3) is 0 Å². The molecule has 0 N–H and O–H groups in total. The Morgan fingerprint density at radius 1 is 1.31 bits per heavy atom. The fourth-order valence-corrected chi connectivity index (χ4v) is 2.56. The van der Waals surface area contributed by atoms with E-state index in [1.165, 1.54) is 38.6 Å². The van der Waals surface area contributed by atoms with Gasteiger partial charge in [-0.3, -0.25) is 4.79 Å². The average molecular weight is 226 g/mol. The fourth-order valence-electron chi connectivity index (χ4n) is 2.56. The molecule has 0 aromatic heterocycles. The second kappa shape index (κ2) is 7.66. The van der Waals surface area contributed by atoms with Gasteiger partial charge >= 0.3 is 0 Å². The second-order valence-electron chi connectivity index (χ2n) is 4.66. The molecule has 0 bridgehead atoms. The van der Waals surface area contributed by atoms with Crippen LogP contribution in [0.15, 0.2) is 0 Å². The van der Waals surface area contributed by atoms with E-state index in [-0.39, 0.29) is 0 Å². The van der Waals surface area contributed by atoms with Gasteiger partial charge in [0.25, 0.3) is 0 Å². The number of rotatable bonds is 7. The molecule has 0 aliphatic carbocycles. The summed E-state index contributed by atoms with van der Waals surface area (Å²) >= 11 is 0. The van der Waals surface area contributed by atoms with Crippen molar-refractivity contribution in [1.29, 1.82) is 0 Å². The van der Waals surface area contributed by atoms with Crippen LogP contribution < -0.4 is 0 Å². The summed E-state index contributed by atoms with van der Waals surface area (Å²) in [6.45, 7) is 8.84. The Balaban J connectivity index is 2.22. The van der Waals surface area contributed by atoms with Crippen LogP contribution in [0, 0.1) is 0 Å². The molecule has 1 aliphatic rings. The van der Waals surface area contributed by atoms with Crippen molar-refractivity contribution in [2.24, 2.45) is 0 Å². The van der Waals surface area contributed by atoms with Crippen LogP contribution >= 0.6 is 0 Å². The van der Waals surface area contributed by atoms with Crippen molar-refractivity contribution in [3.63, 3.8) is 0 Å². The van der Waals surface area contributed by atoms with E-state index in [0.717, 1.165) is 26.0 Å². The Morgan fingerprint density at radius 2 is 2.06 bits per heavy atom. The molecule has 1 atom stereocenters. The predicted molar refractivity (Wildman–Crippen MR) is 67.4 cm³/mol. The minimum absolute atomic E-state index is 0.516. The molecule has 1 saturated heterocycles. The van der Waals surface area contributed by atoms with Crippen LogP contribution in [-0.4, -0.2) is 48.4 Å². The molecular formula is C13H26N2O. The topological polar surface area (TPSA) is 23.6 Å². The van der Waals surface area contributed by atoms with Crippen LogP contribution in [-0.2, 0) is 4.79 Å². The second-order valence-corrected chi connectivity index (χ2v) is 4.66. The molecule has 0 radical (unpaired) electrons. The number of carbonyl (C=O) groups is 1. The molecule has 1 rings (SSSR count). The summed E-state index contributed by atoms with van der Waals surface area (Å²) in [6, 6.07) is 0.516. The molecule has 1 fully saturated rings. The van der Waals surface area contributed by atoms with Crippen molar-refractivity contribution >= 4 is 6.41 Å². The summed E-state index contributed by atoms with van der Waals surface area (Å²) in [5, 5.41) is 0. The molecule has 0 saturated carbocycles. The fraction of sp³-hybridized carbons (Fsp3) is 0.923. The predicted octanol–water partition coefficient (Wildman–Crippen LogP) is 2.12. The Kier molecular flexibility index (Phi) is 6.46. The standard InChI is InChI=1S/C13H26N2O/c1-3-14(4-2)10-7-9-13-8-5-6-11-15(13)12-16/h12-13H,3-11H2,1-2H3. The van der Waals surface area contributed by atoms with Gasteiger partial charge in [0.05, 0.1) is 0 Å². The maximum atomic E-state index is 10.9. The lowest BCUT2D eigenvalue weighted by Gasteiger charge is -2.33. The van der Waals surface area contributed by atoms with Gasteiger partial charge in [-0.25, -0.2) is 0 Å². The normalized spacial score (nSPS) is 21.4. The quantitative estimate of drug-likeness (QED) is 0.621. The molecule has 16 heavy (non-hydrogen) atoms. The molecular weight excluding hydrogens is 200 g/mol. The zero-order valence-corrected chi connectivity index (χ0v) is 10.8. The third-order valence-corrected chi connectivity index (χ3v) is 3.71. The van der Waals surface area contributed by atoms with Gasteiger partial charge in [0.15, 0.2) is 0 Å². The molecule has 1 heterocycles. The summed E-state index contributed by atoms with van der Waals surface area (Å²) in [5.74, 6) is 0. The van der Waals surface area contributed by atoms with Crippen LogP contribution in [0.3, 0.4) is 0 Å². The summed E-state index contributed by atoms with van der Waals surface area (Å²) < 4.78 is 0. The highest BCUT2D eigenvalue weighted by Crippen LogP contribution is 2.19. The Hall–Kier alpha value is -0.570. The van der Waals surface area contributed by atoms with E-state index in [0.29, 0.717) is 6.04 Å². The van der Waals surface area contributed by atoms with Gasteiger partial charge in [-0.05, 0) is 51.7 Å². The molecule has 1 amide bonds. The number of nitrogens with zero attached hydrogens (tertiary/aromatic N) is 2. The molecule has 0 spiro atoms. The maximum Gasteiger partial charge on any atom is 0.209 e. The third-order valence-electron chi connectivity index (χ3n) is 3.71. The lowest BCUT2D eigenvalue weighted by Crippen LogP contribution is -2.38. The monoisotopic (exact) mass is 226 g/mol. The summed E-state index contributed by atoms with van der Waals surface area (Å²) in [5.41, 5.74) is 0. The van der Waals surface area contributed by atoms with Gasteiger partial charge in [0.1, 0.15) is 0 Å². The number of carbonyl (C=O) groups excluding carboxylic acids is 1. The van der Waals surface area contributed by atoms with Gasteiger partial charge < -0.3 is 9.80 Å². The molecule has 0 aromatic carbocycles. The third kappa shape index (κ3) is 4.12. The zero-order valence-electron chi connectivity index (χ0n) is 10.8. The Labute approximate surface area is 99.8 Å². The first-order valence-corrected chi connectivity index (χ1v) is 6.75. The molecule has 94 valence electrons. The van der Waals surface area contributed by atoms with Crippen molar-refractivity contribution in [3.8, 4) is 0 Å². The zero-order chi connectivity index (χ0) is 11.8. The van der Waals surface area contributed by atoms with Crippen LogP contribution in [0.5, 0.6) is 0 Å². The van der Waals surface area contributed by atoms with Gasteiger partial charge in [0, 0.05) is 12.6 Å². The lowest BCUT2D eigenvalue weighted by molar-refractivity contribution is -0.121. The minimum atomic E-state index is 0.516. The van der Waals surface area contributed by atoms with E-state index < -0.39 is 0 Å². The first-order chi connectivity index (χ1) is 7.81. The first-order valence-electron chi connectivity index (χ1n) is 6.75. The van der Waals surface area contributed by atoms with E-state index in [1.54, 1.807) is 0 Å². The van der Waals surface area contributed by atoms with Gasteiger partial charge in [-0.2, -0.15) is 0 Å². The molecule has 1 aliphatic heterocycles. The average Bonchev–Trinajstić information content (AvgIpc) is 2.35. The molecule has 3 nitrogen and oxygen atoms in total. The number of hydrogen-bond donors (Lipinski definition) is 0. The van der Waals surface area contributed by atoms with Crippen molar-refractivity contribution in [3.05, 3.63) is 0 Å². The van der Waals surface area contributed by atoms with Crippen molar-refractivity contribution < 1.29 is 4.79 Å². The minimum Gasteiger partial charge on any atom is -0.342 e. The van der Waals surface area contributed by atoms with Crippen molar-refractivity contribution in [2.75, 3.05) is 26.2 Å². The first kappa shape index (κ1) is 13.5. The summed E-state index contributed by atoms with van der Waals surface area (Å²) in [4.78, 5) is 15.4. The highest BCUT2D eigenvalue weighted by atomic mass is 16.1. The molecule has 1 unspecified atom stereocenters. The van der Waals surface area contributed by atoms with Gasteiger partial charge in [-0.1, -0.05) is 13.8 Å². The number of likely N-dealkylation sites (tertiary alicyclic amines) is 1. The van der Waals surface area contributed by atoms with Crippen LogP contribution in [0.4, 0.5) is 0 Å². The number of amides is 1. The highest BCUT2D eigenvalue weighted by molar-refractivity contribution is 5.47. The van der Waals surface area contributed by atoms with E-state index >= 15 is 0 Å². The van der Waals surface area contributed by atoms with Crippen molar-refractivity contribution in [1.82, 2.24) is 9.80 Å². The summed E-state index contributed by atoms with van der Waals surface area (Å²) in [6.07, 6.45) is 7.12. The number of hydrogen-bond acceptors (Lipinski definition) is 2. The van der Waals surface area contributed by atoms with Crippen LogP contribution in [0.2, 0.25) is 0 Å². The Bertz CT molecular complexity index is 192. The Morgan fingerprint density at radius 3 is 2.69 bits per heavy atom. The highest BCUT2D eigenvalue weighted by Gasteiger charge is 2.20. The molecule has 0 aromatic rings. The lowest BCUT2D eigenvalue weighted by atomic mass is 9.98. The molecule has 3 heteroatoms. The van der Waals surface area contributed by atoms with E-state index in [2.05, 4.69) is 18.7 Å². The van der Waals surface area contributed by atoms with E-state index in [1.807, 2.05) is 4.90 Å². The maximum absolute atomic E-state index is 10.9. The van der Waals surface area contributed by atoms with E-state index in [4.69, 9.17) is 0 Å². The number of piperidine rings is 1. The SMILES string of the molecule is CCN(CC)CCCC1CCCCN1C=O. The van der Waals surface area contributed by atoms with Crippen molar-refractivity contribution in [2.45, 2.75) is 52.0 Å². The smallest absolute Gasteiger partial charge is 0.209 e. The van der Waals surface area contributed by atoms with E-state index in [9.17, 15) is 4.79 Å². The largest absolute Gasteiger partial charge is 0.342 e. The van der Waals surface area contributed by atoms with Crippen LogP contribution in [0.1, 0.15) is 46.0 Å². The summed E-state index contributed by atoms with van der Waals surface area (Å²) in [7, 11) is 0.